The number of aromatic nitrogens is 2. The Balaban J connectivity index is 0.00000128. The highest BCUT2D eigenvalue weighted by Crippen LogP contribution is 2.00. The molecule has 0 saturated heterocycles. The van der Waals surface area contributed by atoms with Crippen molar-refractivity contribution < 1.29 is 0 Å². The molecule has 0 aliphatic carbocycles. The number of hydrogen-bond donors (Lipinski definition) is 0. The van der Waals surface area contributed by atoms with E-state index < -0.39 is 0 Å². The molecule has 0 atom stereocenters. The first-order valence-corrected chi connectivity index (χ1v) is 5.66. The van der Waals surface area contributed by atoms with Gasteiger partial charge < -0.3 is 4.57 Å². The lowest BCUT2D eigenvalue weighted by Gasteiger charge is -1.95. The maximum absolute atomic E-state index is 4.54. The fourth-order valence-corrected chi connectivity index (χ4v) is 2.12. The van der Waals surface area contributed by atoms with E-state index in [0.29, 0.717) is 6.54 Å². The molecule has 86 valence electrons. The zero-order valence-corrected chi connectivity index (χ0v) is 12.4. The van der Waals surface area contributed by atoms with Crippen LogP contribution in [0.25, 0.3) is 0 Å². The van der Waals surface area contributed by atoms with Crippen molar-refractivity contribution in [2.24, 2.45) is 12.0 Å². The molecule has 3 nitrogen and oxygen atoms in total. The van der Waals surface area contributed by atoms with Crippen molar-refractivity contribution in [1.82, 2.24) is 9.55 Å². The minimum Gasteiger partial charge on any atom is -0.324 e. The van der Waals surface area contributed by atoms with E-state index >= 15 is 0 Å². The Morgan fingerprint density at radius 1 is 1.50 bits per heavy atom. The molecule has 0 aliphatic heterocycles. The van der Waals surface area contributed by atoms with E-state index in [0.717, 1.165) is 10.4 Å². The van der Waals surface area contributed by atoms with Crippen LogP contribution in [0, 0.1) is 6.92 Å². The highest BCUT2D eigenvalue weighted by atomic mass is 127. The van der Waals surface area contributed by atoms with Gasteiger partial charge in [0, 0.05) is 30.5 Å². The number of nitrogens with zero attached hydrogens (tertiary/aromatic N) is 3. The van der Waals surface area contributed by atoms with Crippen molar-refractivity contribution in [3.63, 3.8) is 0 Å². The molecule has 0 N–H and O–H groups in total. The van der Waals surface area contributed by atoms with Gasteiger partial charge in [0.25, 0.3) is 0 Å². The summed E-state index contributed by atoms with van der Waals surface area (Å²) in [5, 5.41) is 2.11. The zero-order chi connectivity index (χ0) is 10.7. The fraction of sp³-hybridized carbons (Fsp3) is 0.273. The Labute approximate surface area is 116 Å². The quantitative estimate of drug-likeness (QED) is 0.768. The van der Waals surface area contributed by atoms with Gasteiger partial charge in [-0.2, -0.15) is 0 Å². The molecular formula is C11H14IN3S. The van der Waals surface area contributed by atoms with Gasteiger partial charge in [-0.3, -0.25) is 9.98 Å². The van der Waals surface area contributed by atoms with Crippen molar-refractivity contribution in [1.29, 1.82) is 0 Å². The van der Waals surface area contributed by atoms with Crippen molar-refractivity contribution in [3.8, 4) is 0 Å². The average Bonchev–Trinajstić information content (AvgIpc) is 2.59. The number of aryl methyl sites for hydroxylation is 1. The molecular weight excluding hydrogens is 333 g/mol. The maximum Gasteiger partial charge on any atom is 0.184 e. The van der Waals surface area contributed by atoms with Crippen LogP contribution in [0.5, 0.6) is 0 Å². The first-order chi connectivity index (χ1) is 7.27. The van der Waals surface area contributed by atoms with E-state index in [1.165, 1.54) is 5.69 Å². The van der Waals surface area contributed by atoms with Crippen LogP contribution in [-0.4, -0.2) is 9.55 Å². The summed E-state index contributed by atoms with van der Waals surface area (Å²) >= 11 is 1.67. The molecule has 0 saturated carbocycles. The van der Waals surface area contributed by atoms with Gasteiger partial charge in [0.05, 0.1) is 6.54 Å². The van der Waals surface area contributed by atoms with Crippen LogP contribution in [0.3, 0.4) is 0 Å². The van der Waals surface area contributed by atoms with Gasteiger partial charge in [0.2, 0.25) is 0 Å². The monoisotopic (exact) mass is 347 g/mol. The minimum absolute atomic E-state index is 0. The fourth-order valence-electron chi connectivity index (χ4n) is 1.24. The van der Waals surface area contributed by atoms with Crippen molar-refractivity contribution >= 4 is 35.3 Å². The van der Waals surface area contributed by atoms with Gasteiger partial charge in [0.1, 0.15) is 0 Å². The van der Waals surface area contributed by atoms with Crippen LogP contribution in [-0.2, 0) is 13.6 Å². The second-order valence-electron chi connectivity index (χ2n) is 3.40. The molecule has 2 heterocycles. The summed E-state index contributed by atoms with van der Waals surface area (Å²) in [7, 11) is 2.04. The molecule has 2 rings (SSSR count). The van der Waals surface area contributed by atoms with E-state index in [-0.39, 0.29) is 24.0 Å². The molecule has 0 aliphatic rings. The van der Waals surface area contributed by atoms with E-state index in [4.69, 9.17) is 0 Å². The molecule has 2 aromatic heterocycles. The van der Waals surface area contributed by atoms with Gasteiger partial charge in [-0.1, -0.05) is 6.07 Å². The Kier molecular flexibility index (Phi) is 5.14. The highest BCUT2D eigenvalue weighted by Gasteiger charge is 1.94. The Morgan fingerprint density at radius 3 is 2.88 bits per heavy atom. The standard InChI is InChI=1S/C11H13N3S.HI/c1-9-8-15-11(14(9)2)13-7-10-4-3-5-12-6-10;/h3-6,8H,7H2,1-2H3;1H. The molecule has 0 fully saturated rings. The molecule has 2 aromatic rings. The van der Waals surface area contributed by atoms with Crippen LogP contribution < -0.4 is 4.80 Å². The topological polar surface area (TPSA) is 30.2 Å². The largest absolute Gasteiger partial charge is 0.324 e. The van der Waals surface area contributed by atoms with Crippen molar-refractivity contribution in [2.45, 2.75) is 13.5 Å². The predicted molar refractivity (Wildman–Crippen MR) is 76.9 cm³/mol. The first-order valence-electron chi connectivity index (χ1n) is 4.78. The SMILES string of the molecule is Cc1csc(=NCc2cccnc2)n1C.I. The number of pyridine rings is 1. The van der Waals surface area contributed by atoms with Crippen LogP contribution in [0.1, 0.15) is 11.3 Å². The average molecular weight is 347 g/mol. The van der Waals surface area contributed by atoms with Crippen molar-refractivity contribution in [2.75, 3.05) is 0 Å². The Hall–Kier alpha value is -0.690. The summed E-state index contributed by atoms with van der Waals surface area (Å²) in [6, 6.07) is 3.97. The summed E-state index contributed by atoms with van der Waals surface area (Å²) in [6.07, 6.45) is 3.63. The van der Waals surface area contributed by atoms with E-state index in [1.807, 2.05) is 25.4 Å². The molecule has 0 bridgehead atoms. The summed E-state index contributed by atoms with van der Waals surface area (Å²) in [4.78, 5) is 9.65. The molecule has 5 heteroatoms. The van der Waals surface area contributed by atoms with Gasteiger partial charge in [-0.05, 0) is 18.6 Å². The van der Waals surface area contributed by atoms with Gasteiger partial charge >= 0.3 is 0 Å². The second-order valence-corrected chi connectivity index (χ2v) is 4.23. The molecule has 16 heavy (non-hydrogen) atoms. The smallest absolute Gasteiger partial charge is 0.184 e. The van der Waals surface area contributed by atoms with Crippen LogP contribution in [0.15, 0.2) is 34.9 Å². The number of thiazole rings is 1. The maximum atomic E-state index is 4.54. The molecule has 0 unspecified atom stereocenters. The van der Waals surface area contributed by atoms with Gasteiger partial charge in [-0.15, -0.1) is 35.3 Å². The lowest BCUT2D eigenvalue weighted by Crippen LogP contribution is -2.11. The van der Waals surface area contributed by atoms with Crippen LogP contribution in [0.2, 0.25) is 0 Å². The summed E-state index contributed by atoms with van der Waals surface area (Å²) in [5.74, 6) is 0. The van der Waals surface area contributed by atoms with Crippen LogP contribution >= 0.6 is 35.3 Å². The lowest BCUT2D eigenvalue weighted by atomic mass is 10.3. The normalized spacial score (nSPS) is 11.2. The summed E-state index contributed by atoms with van der Waals surface area (Å²) < 4.78 is 2.10. The molecule has 0 radical (unpaired) electrons. The predicted octanol–water partition coefficient (Wildman–Crippen LogP) is 2.51. The third-order valence-corrected chi connectivity index (χ3v) is 3.34. The van der Waals surface area contributed by atoms with Gasteiger partial charge in [0.15, 0.2) is 4.80 Å². The molecule has 0 amide bonds. The number of rotatable bonds is 2. The Morgan fingerprint density at radius 2 is 2.31 bits per heavy atom. The third kappa shape index (κ3) is 3.15. The number of hydrogen-bond acceptors (Lipinski definition) is 3. The minimum atomic E-state index is 0. The first kappa shape index (κ1) is 13.4. The van der Waals surface area contributed by atoms with Crippen molar-refractivity contribution in [3.05, 3.63) is 46.0 Å². The molecule has 0 aromatic carbocycles. The highest BCUT2D eigenvalue weighted by molar-refractivity contribution is 14.0. The number of halogens is 1. The van der Waals surface area contributed by atoms with E-state index in [2.05, 4.69) is 26.8 Å². The van der Waals surface area contributed by atoms with E-state index in [9.17, 15) is 0 Å². The zero-order valence-electron chi connectivity index (χ0n) is 9.25. The lowest BCUT2D eigenvalue weighted by molar-refractivity contribution is 0.808. The summed E-state index contributed by atoms with van der Waals surface area (Å²) in [5.41, 5.74) is 2.38. The Bertz CT molecular complexity index is 501. The second kappa shape index (κ2) is 6.15. The van der Waals surface area contributed by atoms with Crippen LogP contribution in [0.4, 0.5) is 0 Å². The molecule has 0 spiro atoms. The van der Waals surface area contributed by atoms with E-state index in [1.54, 1.807) is 17.5 Å². The third-order valence-electron chi connectivity index (χ3n) is 2.27. The summed E-state index contributed by atoms with van der Waals surface area (Å²) in [6.45, 7) is 2.78. The van der Waals surface area contributed by atoms with Gasteiger partial charge in [-0.25, -0.2) is 0 Å².